The molecule has 1 aromatic carbocycles. The molecule has 2 nitrogen and oxygen atoms in total. The van der Waals surface area contributed by atoms with Crippen molar-refractivity contribution in [2.75, 3.05) is 0 Å². The molecule has 0 saturated heterocycles. The van der Waals surface area contributed by atoms with E-state index in [1.807, 2.05) is 24.3 Å². The highest BCUT2D eigenvalue weighted by Gasteiger charge is 2.19. The number of esters is 1. The third-order valence-corrected chi connectivity index (χ3v) is 2.52. The standard InChI is InChI=1S/C13H14O2/c14-13(11-7-3-1-4-8-11)15-12-9-5-2-6-10-12/h2-3,5-7,9-11H,1,4,8H2. The summed E-state index contributed by atoms with van der Waals surface area (Å²) in [5.74, 6) is 0.428. The predicted octanol–water partition coefficient (Wildman–Crippen LogP) is 2.95. The van der Waals surface area contributed by atoms with Crippen LogP contribution in [-0.2, 0) is 4.79 Å². The maximum Gasteiger partial charge on any atom is 0.318 e. The lowest BCUT2D eigenvalue weighted by atomic mass is 9.96. The Morgan fingerprint density at radius 3 is 2.73 bits per heavy atom. The van der Waals surface area contributed by atoms with E-state index in [1.54, 1.807) is 12.1 Å². The average Bonchev–Trinajstić information content (AvgIpc) is 2.31. The highest BCUT2D eigenvalue weighted by atomic mass is 16.5. The summed E-state index contributed by atoms with van der Waals surface area (Å²) in [6.45, 7) is 0. The minimum atomic E-state index is -0.142. The number of ether oxygens (including phenoxy) is 1. The van der Waals surface area contributed by atoms with Gasteiger partial charge in [0.25, 0.3) is 0 Å². The van der Waals surface area contributed by atoms with E-state index >= 15 is 0 Å². The van der Waals surface area contributed by atoms with Crippen molar-refractivity contribution in [1.29, 1.82) is 0 Å². The summed E-state index contributed by atoms with van der Waals surface area (Å²) in [6, 6.07) is 9.21. The van der Waals surface area contributed by atoms with Gasteiger partial charge in [-0.1, -0.05) is 30.4 Å². The number of para-hydroxylation sites is 1. The molecule has 0 aromatic heterocycles. The third-order valence-electron chi connectivity index (χ3n) is 2.52. The van der Waals surface area contributed by atoms with Gasteiger partial charge >= 0.3 is 5.97 Å². The van der Waals surface area contributed by atoms with Gasteiger partial charge in [-0.15, -0.1) is 0 Å². The monoisotopic (exact) mass is 202 g/mol. The van der Waals surface area contributed by atoms with Gasteiger partial charge in [-0.05, 0) is 31.4 Å². The molecule has 0 heterocycles. The first-order valence-corrected chi connectivity index (χ1v) is 5.29. The Bertz CT molecular complexity index is 354. The van der Waals surface area contributed by atoms with Crippen LogP contribution in [0.1, 0.15) is 19.3 Å². The normalized spacial score (nSPS) is 19.9. The smallest absolute Gasteiger partial charge is 0.318 e. The van der Waals surface area contributed by atoms with Gasteiger partial charge in [0, 0.05) is 0 Å². The molecule has 78 valence electrons. The summed E-state index contributed by atoms with van der Waals surface area (Å²) in [7, 11) is 0. The van der Waals surface area contributed by atoms with Gasteiger partial charge in [0.05, 0.1) is 5.92 Å². The number of carbonyl (C=O) groups is 1. The molecule has 0 bridgehead atoms. The number of allylic oxidation sites excluding steroid dienone is 1. The van der Waals surface area contributed by atoms with Crippen molar-refractivity contribution >= 4 is 5.97 Å². The van der Waals surface area contributed by atoms with Crippen LogP contribution in [0.2, 0.25) is 0 Å². The quantitative estimate of drug-likeness (QED) is 0.418. The number of hydrogen-bond acceptors (Lipinski definition) is 2. The zero-order chi connectivity index (χ0) is 10.5. The van der Waals surface area contributed by atoms with Crippen LogP contribution in [0, 0.1) is 5.92 Å². The van der Waals surface area contributed by atoms with E-state index in [1.165, 1.54) is 0 Å². The van der Waals surface area contributed by atoms with Crippen LogP contribution < -0.4 is 4.74 Å². The first-order valence-electron chi connectivity index (χ1n) is 5.29. The fourth-order valence-corrected chi connectivity index (χ4v) is 1.69. The maximum absolute atomic E-state index is 11.7. The molecule has 2 heteroatoms. The fraction of sp³-hybridized carbons (Fsp3) is 0.308. The zero-order valence-corrected chi connectivity index (χ0v) is 8.56. The molecule has 1 unspecified atom stereocenters. The van der Waals surface area contributed by atoms with Crippen molar-refractivity contribution in [2.24, 2.45) is 5.92 Å². The van der Waals surface area contributed by atoms with Crippen molar-refractivity contribution in [3.05, 3.63) is 42.5 Å². The lowest BCUT2D eigenvalue weighted by Crippen LogP contribution is -2.20. The van der Waals surface area contributed by atoms with Crippen LogP contribution >= 0.6 is 0 Å². The molecule has 0 fully saturated rings. The topological polar surface area (TPSA) is 26.3 Å². The van der Waals surface area contributed by atoms with Crippen LogP contribution in [0.5, 0.6) is 5.75 Å². The van der Waals surface area contributed by atoms with Crippen molar-refractivity contribution in [2.45, 2.75) is 19.3 Å². The summed E-state index contributed by atoms with van der Waals surface area (Å²) in [5.41, 5.74) is 0. The third kappa shape index (κ3) is 2.69. The Morgan fingerprint density at radius 1 is 1.27 bits per heavy atom. The summed E-state index contributed by atoms with van der Waals surface area (Å²) in [5, 5.41) is 0. The maximum atomic E-state index is 11.7. The second-order valence-corrected chi connectivity index (χ2v) is 3.70. The molecule has 1 aliphatic carbocycles. The SMILES string of the molecule is O=C(Oc1ccccc1)C1C=CCCC1. The summed E-state index contributed by atoms with van der Waals surface area (Å²) < 4.78 is 5.26. The molecule has 0 amide bonds. The average molecular weight is 202 g/mol. The van der Waals surface area contributed by atoms with Crippen LogP contribution in [0.25, 0.3) is 0 Å². The number of carbonyl (C=O) groups excluding carboxylic acids is 1. The van der Waals surface area contributed by atoms with E-state index in [4.69, 9.17) is 4.74 Å². The lowest BCUT2D eigenvalue weighted by molar-refractivity contribution is -0.137. The second-order valence-electron chi connectivity index (χ2n) is 3.70. The molecule has 15 heavy (non-hydrogen) atoms. The van der Waals surface area contributed by atoms with Crippen molar-refractivity contribution < 1.29 is 9.53 Å². The first kappa shape index (κ1) is 9.97. The van der Waals surface area contributed by atoms with Crippen LogP contribution in [0.4, 0.5) is 0 Å². The van der Waals surface area contributed by atoms with Gasteiger partial charge in [-0.2, -0.15) is 0 Å². The van der Waals surface area contributed by atoms with Crippen molar-refractivity contribution in [1.82, 2.24) is 0 Å². The van der Waals surface area contributed by atoms with Gasteiger partial charge in [-0.3, -0.25) is 4.79 Å². The van der Waals surface area contributed by atoms with Crippen LogP contribution in [0.15, 0.2) is 42.5 Å². The largest absolute Gasteiger partial charge is 0.426 e. The summed E-state index contributed by atoms with van der Waals surface area (Å²) >= 11 is 0. The molecule has 0 saturated carbocycles. The second kappa shape index (κ2) is 4.78. The Morgan fingerprint density at radius 2 is 2.07 bits per heavy atom. The van der Waals surface area contributed by atoms with Gasteiger partial charge in [0.2, 0.25) is 0 Å². The van der Waals surface area contributed by atoms with Crippen molar-refractivity contribution in [3.8, 4) is 5.75 Å². The molecule has 1 atom stereocenters. The predicted molar refractivity (Wildman–Crippen MR) is 58.6 cm³/mol. The molecule has 0 N–H and O–H groups in total. The highest BCUT2D eigenvalue weighted by molar-refractivity contribution is 5.77. The van der Waals surface area contributed by atoms with Crippen LogP contribution in [0.3, 0.4) is 0 Å². The Balaban J connectivity index is 1.97. The highest BCUT2D eigenvalue weighted by Crippen LogP contribution is 2.20. The number of benzene rings is 1. The minimum absolute atomic E-state index is 0.0565. The molecule has 1 aromatic rings. The van der Waals surface area contributed by atoms with Gasteiger partial charge in [-0.25, -0.2) is 0 Å². The van der Waals surface area contributed by atoms with E-state index in [0.29, 0.717) is 5.75 Å². The first-order chi connectivity index (χ1) is 7.36. The Kier molecular flexibility index (Phi) is 3.18. The molecule has 0 radical (unpaired) electrons. The lowest BCUT2D eigenvalue weighted by Gasteiger charge is -2.14. The van der Waals surface area contributed by atoms with E-state index in [9.17, 15) is 4.79 Å². The Labute approximate surface area is 89.6 Å². The molecule has 0 spiro atoms. The van der Waals surface area contributed by atoms with Crippen LogP contribution in [-0.4, -0.2) is 5.97 Å². The zero-order valence-electron chi connectivity index (χ0n) is 8.56. The molecule has 2 rings (SSSR count). The summed E-state index contributed by atoms with van der Waals surface area (Å²) in [6.07, 6.45) is 7.07. The molecular weight excluding hydrogens is 188 g/mol. The fourth-order valence-electron chi connectivity index (χ4n) is 1.69. The Hall–Kier alpha value is -1.57. The van der Waals surface area contributed by atoms with Gasteiger partial charge in [0.15, 0.2) is 0 Å². The molecule has 0 aliphatic heterocycles. The van der Waals surface area contributed by atoms with E-state index in [-0.39, 0.29) is 11.9 Å². The molecule has 1 aliphatic rings. The van der Waals surface area contributed by atoms with E-state index in [0.717, 1.165) is 19.3 Å². The number of rotatable bonds is 2. The summed E-state index contributed by atoms with van der Waals surface area (Å²) in [4.78, 5) is 11.7. The molecular formula is C13H14O2. The van der Waals surface area contributed by atoms with Gasteiger partial charge < -0.3 is 4.74 Å². The van der Waals surface area contributed by atoms with Crippen molar-refractivity contribution in [3.63, 3.8) is 0 Å². The van der Waals surface area contributed by atoms with E-state index < -0.39 is 0 Å². The number of hydrogen-bond donors (Lipinski definition) is 0. The van der Waals surface area contributed by atoms with Gasteiger partial charge in [0.1, 0.15) is 5.75 Å². The minimum Gasteiger partial charge on any atom is -0.426 e. The van der Waals surface area contributed by atoms with E-state index in [2.05, 4.69) is 6.08 Å².